The van der Waals surface area contributed by atoms with Crippen molar-refractivity contribution in [3.8, 4) is 0 Å². The summed E-state index contributed by atoms with van der Waals surface area (Å²) in [7, 11) is 1.96. The molecule has 3 N–H and O–H groups in total. The first-order valence-corrected chi connectivity index (χ1v) is 5.80. The Morgan fingerprint density at radius 1 is 1.50 bits per heavy atom. The summed E-state index contributed by atoms with van der Waals surface area (Å²) in [5.74, 6) is 0. The van der Waals surface area contributed by atoms with E-state index in [0.717, 1.165) is 24.2 Å². The molecule has 0 aliphatic carbocycles. The lowest BCUT2D eigenvalue weighted by Crippen LogP contribution is -2.22. The van der Waals surface area contributed by atoms with E-state index in [1.165, 1.54) is 0 Å². The zero-order valence-electron chi connectivity index (χ0n) is 9.78. The third-order valence-electron chi connectivity index (χ3n) is 2.54. The molecule has 0 bridgehead atoms. The molecule has 0 saturated heterocycles. The fourth-order valence-electron chi connectivity index (χ4n) is 1.49. The van der Waals surface area contributed by atoms with Crippen LogP contribution in [0.15, 0.2) is 18.2 Å². The molecule has 0 radical (unpaired) electrons. The second-order valence-electron chi connectivity index (χ2n) is 4.05. The van der Waals surface area contributed by atoms with Crippen molar-refractivity contribution in [2.45, 2.75) is 26.0 Å². The van der Waals surface area contributed by atoms with Crippen molar-refractivity contribution in [2.24, 2.45) is 5.73 Å². The van der Waals surface area contributed by atoms with E-state index in [2.05, 4.69) is 0 Å². The quantitative estimate of drug-likeness (QED) is 0.831. The number of hydrogen-bond acceptors (Lipinski definition) is 3. The summed E-state index contributed by atoms with van der Waals surface area (Å²) < 4.78 is 0. The first kappa shape index (κ1) is 13.3. The predicted molar refractivity (Wildman–Crippen MR) is 68.9 cm³/mol. The van der Waals surface area contributed by atoms with Crippen LogP contribution in [-0.2, 0) is 6.54 Å². The molecule has 0 aliphatic rings. The summed E-state index contributed by atoms with van der Waals surface area (Å²) in [6.45, 7) is 3.06. The van der Waals surface area contributed by atoms with Crippen LogP contribution < -0.4 is 10.6 Å². The van der Waals surface area contributed by atoms with Gasteiger partial charge < -0.3 is 15.7 Å². The van der Waals surface area contributed by atoms with E-state index in [-0.39, 0.29) is 6.10 Å². The minimum absolute atomic E-state index is 0.287. The molecule has 0 heterocycles. The second-order valence-corrected chi connectivity index (χ2v) is 4.46. The van der Waals surface area contributed by atoms with Gasteiger partial charge in [-0.15, -0.1) is 0 Å². The van der Waals surface area contributed by atoms with Gasteiger partial charge in [-0.25, -0.2) is 0 Å². The smallest absolute Gasteiger partial charge is 0.0642 e. The van der Waals surface area contributed by atoms with Crippen LogP contribution in [0.1, 0.15) is 18.9 Å². The number of aliphatic hydroxyl groups is 1. The van der Waals surface area contributed by atoms with Gasteiger partial charge in [-0.2, -0.15) is 0 Å². The lowest BCUT2D eigenvalue weighted by Gasteiger charge is -2.21. The SMILES string of the molecule is CC(O)CCN(C)c1ccc(CN)cc1Cl. The van der Waals surface area contributed by atoms with Gasteiger partial charge in [0.1, 0.15) is 0 Å². The minimum Gasteiger partial charge on any atom is -0.393 e. The molecular weight excluding hydrogens is 224 g/mol. The van der Waals surface area contributed by atoms with E-state index < -0.39 is 0 Å². The second kappa shape index (κ2) is 6.09. The van der Waals surface area contributed by atoms with Crippen LogP contribution in [0.5, 0.6) is 0 Å². The normalized spacial score (nSPS) is 12.6. The van der Waals surface area contributed by atoms with Crippen molar-refractivity contribution >= 4 is 17.3 Å². The highest BCUT2D eigenvalue weighted by molar-refractivity contribution is 6.33. The van der Waals surface area contributed by atoms with Gasteiger partial charge >= 0.3 is 0 Å². The Hall–Kier alpha value is -0.770. The molecule has 0 amide bonds. The molecule has 1 aromatic rings. The van der Waals surface area contributed by atoms with Gasteiger partial charge in [0.15, 0.2) is 0 Å². The third-order valence-corrected chi connectivity index (χ3v) is 2.84. The van der Waals surface area contributed by atoms with E-state index in [1.54, 1.807) is 6.92 Å². The predicted octanol–water partition coefficient (Wildman–Crippen LogP) is 2.01. The van der Waals surface area contributed by atoms with Crippen molar-refractivity contribution in [1.82, 2.24) is 0 Å². The number of hydrogen-bond donors (Lipinski definition) is 2. The Labute approximate surface area is 102 Å². The van der Waals surface area contributed by atoms with E-state index in [1.807, 2.05) is 30.1 Å². The van der Waals surface area contributed by atoms with Gasteiger partial charge in [0, 0.05) is 20.1 Å². The highest BCUT2D eigenvalue weighted by atomic mass is 35.5. The van der Waals surface area contributed by atoms with Crippen molar-refractivity contribution < 1.29 is 5.11 Å². The highest BCUT2D eigenvalue weighted by Crippen LogP contribution is 2.26. The average molecular weight is 243 g/mol. The summed E-state index contributed by atoms with van der Waals surface area (Å²) in [6.07, 6.45) is 0.440. The molecule has 0 aliphatic heterocycles. The molecule has 4 heteroatoms. The van der Waals surface area contributed by atoms with Crippen LogP contribution in [-0.4, -0.2) is 24.8 Å². The molecule has 0 fully saturated rings. The average Bonchev–Trinajstić information content (AvgIpc) is 2.25. The molecule has 1 unspecified atom stereocenters. The van der Waals surface area contributed by atoms with Gasteiger partial charge in [0.25, 0.3) is 0 Å². The lowest BCUT2D eigenvalue weighted by molar-refractivity contribution is 0.187. The summed E-state index contributed by atoms with van der Waals surface area (Å²) >= 11 is 6.16. The van der Waals surface area contributed by atoms with Gasteiger partial charge in [-0.05, 0) is 31.0 Å². The Morgan fingerprint density at radius 2 is 2.19 bits per heavy atom. The molecule has 0 spiro atoms. The molecule has 1 rings (SSSR count). The van der Waals surface area contributed by atoms with Crippen LogP contribution in [0.25, 0.3) is 0 Å². The van der Waals surface area contributed by atoms with E-state index in [9.17, 15) is 5.11 Å². The number of benzene rings is 1. The molecule has 1 aromatic carbocycles. The number of aliphatic hydroxyl groups excluding tert-OH is 1. The Bertz CT molecular complexity index is 342. The Morgan fingerprint density at radius 3 is 2.69 bits per heavy atom. The van der Waals surface area contributed by atoms with Gasteiger partial charge in [0.05, 0.1) is 16.8 Å². The number of nitrogens with zero attached hydrogens (tertiary/aromatic N) is 1. The van der Waals surface area contributed by atoms with Crippen molar-refractivity contribution in [2.75, 3.05) is 18.5 Å². The zero-order chi connectivity index (χ0) is 12.1. The van der Waals surface area contributed by atoms with Crippen LogP contribution in [0.2, 0.25) is 5.02 Å². The molecule has 0 saturated carbocycles. The summed E-state index contributed by atoms with van der Waals surface area (Å²) in [4.78, 5) is 2.04. The molecule has 0 aromatic heterocycles. The third kappa shape index (κ3) is 3.67. The standard InChI is InChI=1S/C12H19ClN2O/c1-9(16)5-6-15(2)12-4-3-10(8-14)7-11(12)13/h3-4,7,9,16H,5-6,8,14H2,1-2H3. The first-order chi connectivity index (χ1) is 7.54. The monoisotopic (exact) mass is 242 g/mol. The molecular formula is C12H19ClN2O. The maximum Gasteiger partial charge on any atom is 0.0642 e. The maximum absolute atomic E-state index is 9.22. The van der Waals surface area contributed by atoms with Crippen LogP contribution in [0.3, 0.4) is 0 Å². The maximum atomic E-state index is 9.22. The highest BCUT2D eigenvalue weighted by Gasteiger charge is 2.07. The van der Waals surface area contributed by atoms with E-state index in [4.69, 9.17) is 17.3 Å². The summed E-state index contributed by atoms with van der Waals surface area (Å²) in [6, 6.07) is 5.82. The Kier molecular flexibility index (Phi) is 5.06. The van der Waals surface area contributed by atoms with Gasteiger partial charge in [-0.1, -0.05) is 17.7 Å². The minimum atomic E-state index is -0.287. The fraction of sp³-hybridized carbons (Fsp3) is 0.500. The van der Waals surface area contributed by atoms with Crippen molar-refractivity contribution in [1.29, 1.82) is 0 Å². The summed E-state index contributed by atoms with van der Waals surface area (Å²) in [5, 5.41) is 9.93. The number of nitrogens with two attached hydrogens (primary N) is 1. The van der Waals surface area contributed by atoms with Crippen LogP contribution in [0, 0.1) is 0 Å². The largest absolute Gasteiger partial charge is 0.393 e. The Balaban J connectivity index is 2.71. The molecule has 3 nitrogen and oxygen atoms in total. The fourth-order valence-corrected chi connectivity index (χ4v) is 1.84. The van der Waals surface area contributed by atoms with Crippen LogP contribution >= 0.6 is 11.6 Å². The van der Waals surface area contributed by atoms with Crippen molar-refractivity contribution in [3.63, 3.8) is 0 Å². The molecule has 90 valence electrons. The van der Waals surface area contributed by atoms with Crippen LogP contribution in [0.4, 0.5) is 5.69 Å². The van der Waals surface area contributed by atoms with E-state index >= 15 is 0 Å². The number of halogens is 1. The summed E-state index contributed by atoms with van der Waals surface area (Å²) in [5.41, 5.74) is 7.54. The van der Waals surface area contributed by atoms with Gasteiger partial charge in [0.2, 0.25) is 0 Å². The number of rotatable bonds is 5. The molecule has 1 atom stereocenters. The topological polar surface area (TPSA) is 49.5 Å². The van der Waals surface area contributed by atoms with Gasteiger partial charge in [-0.3, -0.25) is 0 Å². The lowest BCUT2D eigenvalue weighted by atomic mass is 10.2. The number of anilines is 1. The zero-order valence-corrected chi connectivity index (χ0v) is 10.5. The first-order valence-electron chi connectivity index (χ1n) is 5.42. The van der Waals surface area contributed by atoms with Crippen molar-refractivity contribution in [3.05, 3.63) is 28.8 Å². The molecule has 16 heavy (non-hydrogen) atoms. The van der Waals surface area contributed by atoms with E-state index in [0.29, 0.717) is 11.6 Å².